The summed E-state index contributed by atoms with van der Waals surface area (Å²) in [7, 11) is 0. The van der Waals surface area contributed by atoms with Crippen molar-refractivity contribution in [2.24, 2.45) is 0 Å². The summed E-state index contributed by atoms with van der Waals surface area (Å²) in [6, 6.07) is 9.87. The Hall–Kier alpha value is -1.35. The predicted molar refractivity (Wildman–Crippen MR) is 55.0 cm³/mol. The second-order valence-corrected chi connectivity index (χ2v) is 3.61. The van der Waals surface area contributed by atoms with E-state index in [9.17, 15) is 4.79 Å². The molecule has 0 radical (unpaired) electrons. The minimum absolute atomic E-state index is 0.153. The van der Waals surface area contributed by atoms with E-state index in [0.29, 0.717) is 13.0 Å². The molecule has 0 amide bonds. The third-order valence-electron chi connectivity index (χ3n) is 2.36. The van der Waals surface area contributed by atoms with Crippen molar-refractivity contribution in [1.29, 1.82) is 0 Å². The van der Waals surface area contributed by atoms with Crippen LogP contribution in [0.1, 0.15) is 24.8 Å². The molecule has 1 saturated heterocycles. The molecule has 1 heterocycles. The van der Waals surface area contributed by atoms with Crippen molar-refractivity contribution in [3.8, 4) is 0 Å². The van der Waals surface area contributed by atoms with E-state index in [-0.39, 0.29) is 12.3 Å². The summed E-state index contributed by atoms with van der Waals surface area (Å²) in [5.74, 6) is -0.153. The van der Waals surface area contributed by atoms with Gasteiger partial charge in [-0.15, -0.1) is 0 Å². The van der Waals surface area contributed by atoms with E-state index in [2.05, 4.69) is 0 Å². The Bertz CT molecular complexity index is 321. The highest BCUT2D eigenvalue weighted by atomic mass is 16.7. The lowest BCUT2D eigenvalue weighted by molar-refractivity contribution is -0.191. The molecule has 0 aromatic heterocycles. The molecule has 1 aliphatic heterocycles. The largest absolute Gasteiger partial charge is 0.436 e. The number of benzene rings is 1. The number of hydrogen-bond donors (Lipinski definition) is 0. The number of carbonyl (C=O) groups excluding carboxylic acids is 1. The topological polar surface area (TPSA) is 35.5 Å². The fourth-order valence-electron chi connectivity index (χ4n) is 1.56. The van der Waals surface area contributed by atoms with Crippen molar-refractivity contribution in [3.63, 3.8) is 0 Å². The number of ether oxygens (including phenoxy) is 2. The molecule has 0 saturated carbocycles. The smallest absolute Gasteiger partial charge is 0.308 e. The summed E-state index contributed by atoms with van der Waals surface area (Å²) in [5.41, 5.74) is 1.10. The average molecular weight is 206 g/mol. The van der Waals surface area contributed by atoms with Crippen LogP contribution in [0, 0.1) is 0 Å². The van der Waals surface area contributed by atoms with Crippen LogP contribution in [0.4, 0.5) is 0 Å². The molecule has 2 rings (SSSR count). The Morgan fingerprint density at radius 2 is 2.13 bits per heavy atom. The van der Waals surface area contributed by atoms with Crippen LogP contribution in [-0.2, 0) is 20.9 Å². The van der Waals surface area contributed by atoms with Crippen LogP contribution in [-0.4, -0.2) is 12.3 Å². The SMILES string of the molecule is O=C1CCC[C@@H](OCc2ccccc2)O1. The summed E-state index contributed by atoms with van der Waals surface area (Å²) in [5, 5.41) is 0. The first-order valence-corrected chi connectivity index (χ1v) is 5.19. The predicted octanol–water partition coefficient (Wildman–Crippen LogP) is 2.26. The Morgan fingerprint density at radius 3 is 2.87 bits per heavy atom. The lowest BCUT2D eigenvalue weighted by atomic mass is 10.2. The second-order valence-electron chi connectivity index (χ2n) is 3.61. The molecular weight excluding hydrogens is 192 g/mol. The highest BCUT2D eigenvalue weighted by Gasteiger charge is 2.20. The number of cyclic esters (lactones) is 1. The van der Waals surface area contributed by atoms with Crippen LogP contribution in [0.3, 0.4) is 0 Å². The summed E-state index contributed by atoms with van der Waals surface area (Å²) in [6.45, 7) is 0.499. The van der Waals surface area contributed by atoms with E-state index >= 15 is 0 Å². The molecule has 0 aliphatic carbocycles. The summed E-state index contributed by atoms with van der Waals surface area (Å²) in [4.78, 5) is 11.0. The van der Waals surface area contributed by atoms with Crippen LogP contribution < -0.4 is 0 Å². The van der Waals surface area contributed by atoms with Crippen LogP contribution >= 0.6 is 0 Å². The van der Waals surface area contributed by atoms with Gasteiger partial charge in [-0.1, -0.05) is 30.3 Å². The van der Waals surface area contributed by atoms with Gasteiger partial charge in [0.2, 0.25) is 6.29 Å². The lowest BCUT2D eigenvalue weighted by Crippen LogP contribution is -2.25. The van der Waals surface area contributed by atoms with Crippen molar-refractivity contribution in [2.45, 2.75) is 32.2 Å². The molecule has 1 aromatic rings. The Balaban J connectivity index is 1.80. The molecule has 0 unspecified atom stereocenters. The molecule has 3 nitrogen and oxygen atoms in total. The third-order valence-corrected chi connectivity index (χ3v) is 2.36. The van der Waals surface area contributed by atoms with Gasteiger partial charge in [0.1, 0.15) is 0 Å². The van der Waals surface area contributed by atoms with Gasteiger partial charge in [0.25, 0.3) is 0 Å². The molecule has 0 N–H and O–H groups in total. The highest BCUT2D eigenvalue weighted by Crippen LogP contribution is 2.16. The van der Waals surface area contributed by atoms with Gasteiger partial charge in [0, 0.05) is 12.8 Å². The van der Waals surface area contributed by atoms with E-state index in [1.165, 1.54) is 0 Å². The first kappa shape index (κ1) is 10.2. The number of esters is 1. The zero-order valence-corrected chi connectivity index (χ0v) is 8.52. The molecule has 1 atom stereocenters. The Morgan fingerprint density at radius 1 is 1.33 bits per heavy atom. The maximum atomic E-state index is 11.0. The fourth-order valence-corrected chi connectivity index (χ4v) is 1.56. The molecule has 15 heavy (non-hydrogen) atoms. The molecule has 0 bridgehead atoms. The average Bonchev–Trinajstić information content (AvgIpc) is 2.28. The van der Waals surface area contributed by atoms with Gasteiger partial charge >= 0.3 is 5.97 Å². The minimum Gasteiger partial charge on any atom is -0.436 e. The molecule has 1 fully saturated rings. The summed E-state index contributed by atoms with van der Waals surface area (Å²) < 4.78 is 10.5. The van der Waals surface area contributed by atoms with Crippen molar-refractivity contribution in [3.05, 3.63) is 35.9 Å². The van der Waals surface area contributed by atoms with Gasteiger partial charge in [-0.3, -0.25) is 4.79 Å². The van der Waals surface area contributed by atoms with Gasteiger partial charge in [-0.2, -0.15) is 0 Å². The highest BCUT2D eigenvalue weighted by molar-refractivity contribution is 5.70. The Kier molecular flexibility index (Phi) is 3.35. The normalized spacial score (nSPS) is 21.1. The quantitative estimate of drug-likeness (QED) is 0.711. The molecule has 3 heteroatoms. The summed E-state index contributed by atoms with van der Waals surface area (Å²) in [6.07, 6.45) is 1.83. The van der Waals surface area contributed by atoms with Crippen LogP contribution in [0.15, 0.2) is 30.3 Å². The van der Waals surface area contributed by atoms with E-state index < -0.39 is 0 Å². The van der Waals surface area contributed by atoms with Crippen LogP contribution in [0.2, 0.25) is 0 Å². The number of hydrogen-bond acceptors (Lipinski definition) is 3. The number of rotatable bonds is 3. The van der Waals surface area contributed by atoms with Crippen molar-refractivity contribution < 1.29 is 14.3 Å². The molecule has 0 spiro atoms. The molecule has 1 aliphatic rings. The minimum atomic E-state index is -0.355. The molecular formula is C12H14O3. The van der Waals surface area contributed by atoms with Gasteiger partial charge < -0.3 is 9.47 Å². The first-order valence-electron chi connectivity index (χ1n) is 5.19. The van der Waals surface area contributed by atoms with E-state index in [1.54, 1.807) is 0 Å². The monoisotopic (exact) mass is 206 g/mol. The first-order chi connectivity index (χ1) is 7.34. The van der Waals surface area contributed by atoms with Crippen molar-refractivity contribution in [2.75, 3.05) is 0 Å². The summed E-state index contributed by atoms with van der Waals surface area (Å²) >= 11 is 0. The Labute approximate surface area is 89.0 Å². The van der Waals surface area contributed by atoms with Gasteiger partial charge in [-0.05, 0) is 12.0 Å². The zero-order chi connectivity index (χ0) is 10.5. The number of carbonyl (C=O) groups is 1. The van der Waals surface area contributed by atoms with Gasteiger partial charge in [0.05, 0.1) is 6.61 Å². The van der Waals surface area contributed by atoms with E-state index in [4.69, 9.17) is 9.47 Å². The van der Waals surface area contributed by atoms with Crippen molar-refractivity contribution >= 4 is 5.97 Å². The maximum absolute atomic E-state index is 11.0. The maximum Gasteiger partial charge on any atom is 0.308 e. The second kappa shape index (κ2) is 4.94. The van der Waals surface area contributed by atoms with Crippen LogP contribution in [0.5, 0.6) is 0 Å². The third kappa shape index (κ3) is 3.06. The molecule has 80 valence electrons. The standard InChI is InChI=1S/C12H14O3/c13-11-7-4-8-12(15-11)14-9-10-5-2-1-3-6-10/h1-3,5-6,12H,4,7-9H2/t12-/m0/s1. The van der Waals surface area contributed by atoms with E-state index in [1.807, 2.05) is 30.3 Å². The van der Waals surface area contributed by atoms with Crippen molar-refractivity contribution in [1.82, 2.24) is 0 Å². The zero-order valence-electron chi connectivity index (χ0n) is 8.52. The van der Waals surface area contributed by atoms with Crippen LogP contribution in [0.25, 0.3) is 0 Å². The van der Waals surface area contributed by atoms with Gasteiger partial charge in [-0.25, -0.2) is 0 Å². The molecule has 1 aromatic carbocycles. The van der Waals surface area contributed by atoms with E-state index in [0.717, 1.165) is 18.4 Å². The lowest BCUT2D eigenvalue weighted by Gasteiger charge is -2.22. The van der Waals surface area contributed by atoms with Gasteiger partial charge in [0.15, 0.2) is 0 Å². The fraction of sp³-hybridized carbons (Fsp3) is 0.417.